The summed E-state index contributed by atoms with van der Waals surface area (Å²) in [5.41, 5.74) is 5.70. The van der Waals surface area contributed by atoms with Gasteiger partial charge in [-0.3, -0.25) is 19.2 Å². The fourth-order valence-electron chi connectivity index (χ4n) is 7.23. The summed E-state index contributed by atoms with van der Waals surface area (Å²) < 4.78 is 11.7. The third-order valence-corrected chi connectivity index (χ3v) is 10.7. The number of fused-ring (bicyclic) bond motifs is 16. The summed E-state index contributed by atoms with van der Waals surface area (Å²) in [6.45, 7) is -0.0571. The van der Waals surface area contributed by atoms with Crippen molar-refractivity contribution in [3.8, 4) is 22.6 Å². The van der Waals surface area contributed by atoms with E-state index in [2.05, 4.69) is 21.3 Å². The fourth-order valence-corrected chi connectivity index (χ4v) is 7.23. The van der Waals surface area contributed by atoms with E-state index in [1.54, 1.807) is 60.7 Å². The highest BCUT2D eigenvalue weighted by Crippen LogP contribution is 2.21. The highest BCUT2D eigenvalue weighted by Gasteiger charge is 2.32. The first kappa shape index (κ1) is 43.4. The van der Waals surface area contributed by atoms with Gasteiger partial charge in [0.25, 0.3) is 5.91 Å². The van der Waals surface area contributed by atoms with Crippen LogP contribution >= 0.6 is 0 Å². The molecule has 0 spiro atoms. The number of nitrogens with one attached hydrogen (secondary N) is 4. The highest BCUT2D eigenvalue weighted by molar-refractivity contribution is 5.95. The Balaban J connectivity index is 1.19. The molecule has 2 aliphatic heterocycles. The maximum atomic E-state index is 14.5. The molecule has 63 heavy (non-hydrogen) atoms. The monoisotopic (exact) mass is 844 g/mol. The van der Waals surface area contributed by atoms with Crippen LogP contribution in [0.1, 0.15) is 27.8 Å². The largest absolute Gasteiger partial charge is 0.489 e. The molecule has 4 amide bonds. The molecule has 2 bridgehead atoms. The van der Waals surface area contributed by atoms with Gasteiger partial charge in [0.15, 0.2) is 6.61 Å². The van der Waals surface area contributed by atoms with Crippen molar-refractivity contribution in [2.24, 2.45) is 0 Å². The molecule has 6 aromatic carbocycles. The van der Waals surface area contributed by atoms with E-state index in [1.165, 1.54) is 0 Å². The minimum atomic E-state index is -1.34. The number of ether oxygens (including phenoxy) is 2. The molecule has 0 saturated heterocycles. The van der Waals surface area contributed by atoms with Crippen molar-refractivity contribution in [2.45, 2.75) is 56.5 Å². The maximum absolute atomic E-state index is 14.5. The van der Waals surface area contributed by atoms with E-state index in [9.17, 15) is 29.1 Å². The Morgan fingerprint density at radius 1 is 0.524 bits per heavy atom. The second-order valence-electron chi connectivity index (χ2n) is 15.4. The third kappa shape index (κ3) is 12.6. The summed E-state index contributed by atoms with van der Waals surface area (Å²) in [4.78, 5) is 69.0. The molecule has 0 fully saturated rings. The molecular weight excluding hydrogens is 797 g/mol. The lowest BCUT2D eigenvalue weighted by molar-refractivity contribution is -0.142. The van der Waals surface area contributed by atoms with Gasteiger partial charge in [0.2, 0.25) is 17.7 Å². The van der Waals surface area contributed by atoms with Crippen LogP contribution in [0.5, 0.6) is 11.5 Å². The van der Waals surface area contributed by atoms with Crippen LogP contribution in [-0.2, 0) is 56.3 Å². The molecular formula is C51H48N4O8. The average Bonchev–Trinajstić information content (AvgIpc) is 3.31. The molecule has 0 aliphatic carbocycles. The van der Waals surface area contributed by atoms with E-state index in [0.717, 1.165) is 22.3 Å². The fraction of sp³-hybridized carbons (Fsp3) is 0.196. The molecule has 12 heteroatoms. The molecule has 320 valence electrons. The average molecular weight is 845 g/mol. The van der Waals surface area contributed by atoms with Crippen molar-refractivity contribution in [3.63, 3.8) is 0 Å². The summed E-state index contributed by atoms with van der Waals surface area (Å²) in [5.74, 6) is -2.93. The van der Waals surface area contributed by atoms with Gasteiger partial charge >= 0.3 is 5.97 Å². The Kier molecular flexibility index (Phi) is 14.6. The summed E-state index contributed by atoms with van der Waals surface area (Å²) in [5, 5.41) is 21.3. The van der Waals surface area contributed by atoms with Crippen molar-refractivity contribution in [1.82, 2.24) is 21.3 Å². The van der Waals surface area contributed by atoms with Crippen molar-refractivity contribution in [1.29, 1.82) is 0 Å². The molecule has 2 heterocycles. The SMILES string of the molecule is O=C1COc2ccc(cc2)C[C@@H](C(=O)O)NC(=O)[C@H](Cc2ccccc2)NC(=O)[C@H](Cc2ccc(-c3ccccc3)cc2)NC(=O)[C@H](Cc2ccc(OCc3ccccc3)cc2)N1. The minimum Gasteiger partial charge on any atom is -0.489 e. The van der Waals surface area contributed by atoms with Crippen LogP contribution in [-0.4, -0.2) is 65.5 Å². The number of hydrogen-bond donors (Lipinski definition) is 5. The molecule has 12 nitrogen and oxygen atoms in total. The van der Waals surface area contributed by atoms with Crippen molar-refractivity contribution in [3.05, 3.63) is 192 Å². The molecule has 8 rings (SSSR count). The Morgan fingerprint density at radius 2 is 0.984 bits per heavy atom. The first-order valence-electron chi connectivity index (χ1n) is 20.7. The van der Waals surface area contributed by atoms with Gasteiger partial charge in [-0.1, -0.05) is 140 Å². The molecule has 0 aromatic heterocycles. The zero-order valence-electron chi connectivity index (χ0n) is 34.4. The predicted molar refractivity (Wildman–Crippen MR) is 238 cm³/mol. The zero-order chi connectivity index (χ0) is 44.0. The van der Waals surface area contributed by atoms with Crippen LogP contribution in [0.2, 0.25) is 0 Å². The number of carbonyl (C=O) groups excluding carboxylic acids is 4. The van der Waals surface area contributed by atoms with Crippen LogP contribution in [0, 0.1) is 0 Å². The second kappa shape index (κ2) is 21.2. The van der Waals surface area contributed by atoms with Gasteiger partial charge in [-0.2, -0.15) is 0 Å². The number of carboxylic acids is 1. The van der Waals surface area contributed by atoms with Gasteiger partial charge in [-0.25, -0.2) is 4.79 Å². The van der Waals surface area contributed by atoms with Crippen molar-refractivity contribution >= 4 is 29.6 Å². The van der Waals surface area contributed by atoms with Gasteiger partial charge < -0.3 is 35.8 Å². The lowest BCUT2D eigenvalue weighted by atomic mass is 9.98. The van der Waals surface area contributed by atoms with Crippen LogP contribution in [0.3, 0.4) is 0 Å². The molecule has 0 radical (unpaired) electrons. The predicted octanol–water partition coefficient (Wildman–Crippen LogP) is 5.62. The lowest BCUT2D eigenvalue weighted by Crippen LogP contribution is -2.59. The van der Waals surface area contributed by atoms with Gasteiger partial charge in [0.05, 0.1) is 0 Å². The number of amides is 4. The van der Waals surface area contributed by atoms with Gasteiger partial charge in [-0.05, 0) is 63.2 Å². The Hall–Kier alpha value is -7.73. The van der Waals surface area contributed by atoms with E-state index < -0.39 is 60.4 Å². The number of carbonyl (C=O) groups is 5. The smallest absolute Gasteiger partial charge is 0.326 e. The molecule has 2 aliphatic rings. The molecule has 0 saturated carbocycles. The van der Waals surface area contributed by atoms with Crippen LogP contribution in [0.4, 0.5) is 0 Å². The number of aliphatic carboxylic acids is 1. The van der Waals surface area contributed by atoms with E-state index in [1.807, 2.05) is 103 Å². The van der Waals surface area contributed by atoms with Crippen molar-refractivity contribution in [2.75, 3.05) is 6.61 Å². The number of carboxylic acid groups (broad SMARTS) is 1. The highest BCUT2D eigenvalue weighted by atomic mass is 16.5. The maximum Gasteiger partial charge on any atom is 0.326 e. The van der Waals surface area contributed by atoms with Gasteiger partial charge in [-0.15, -0.1) is 0 Å². The summed E-state index contributed by atoms with van der Waals surface area (Å²) in [7, 11) is 0. The number of benzene rings is 6. The lowest BCUT2D eigenvalue weighted by Gasteiger charge is -2.26. The van der Waals surface area contributed by atoms with Crippen molar-refractivity contribution < 1.29 is 38.6 Å². The summed E-state index contributed by atoms with van der Waals surface area (Å²) in [6, 6.07) is 44.9. The van der Waals surface area contributed by atoms with E-state index in [0.29, 0.717) is 34.8 Å². The summed E-state index contributed by atoms with van der Waals surface area (Å²) >= 11 is 0. The Morgan fingerprint density at radius 3 is 1.54 bits per heavy atom. The van der Waals surface area contributed by atoms with Crippen LogP contribution < -0.4 is 30.7 Å². The second-order valence-corrected chi connectivity index (χ2v) is 15.4. The minimum absolute atomic E-state index is 0.0231. The quantitative estimate of drug-likeness (QED) is 0.105. The van der Waals surface area contributed by atoms with E-state index in [4.69, 9.17) is 9.47 Å². The topological polar surface area (TPSA) is 172 Å². The van der Waals surface area contributed by atoms with Crippen LogP contribution in [0.15, 0.2) is 164 Å². The first-order chi connectivity index (χ1) is 30.6. The Labute approximate surface area is 365 Å². The van der Waals surface area contributed by atoms with E-state index >= 15 is 0 Å². The standard InChI is InChI=1S/C51H48N4O8/c56-47-33-63-42-26-20-37(21-27-42)31-46(51(60)61)55-50(59)44(28-34-10-4-1-5-11-34)54-49(58)45(30-35-16-22-40(23-17-35)39-14-8-3-9-15-39)53-48(57)43(52-47)29-36-18-24-41(25-19-36)62-32-38-12-6-2-7-13-38/h1-27,43-46H,28-33H2,(H,52,56)(H,53,57)(H,54,58)(H,55,59)(H,60,61)/t43-,44-,45-,46-/m0/s1. The number of hydrogen-bond acceptors (Lipinski definition) is 7. The van der Waals surface area contributed by atoms with Gasteiger partial charge in [0.1, 0.15) is 42.3 Å². The first-order valence-corrected chi connectivity index (χ1v) is 20.7. The molecule has 5 N–H and O–H groups in total. The molecule has 6 aromatic rings. The van der Waals surface area contributed by atoms with E-state index in [-0.39, 0.29) is 25.7 Å². The molecule has 4 atom stereocenters. The Bertz CT molecular complexity index is 2470. The third-order valence-electron chi connectivity index (χ3n) is 10.7. The summed E-state index contributed by atoms with van der Waals surface area (Å²) in [6.07, 6.45) is 0.0521. The zero-order valence-corrected chi connectivity index (χ0v) is 34.4. The normalized spacial score (nSPS) is 18.5. The van der Waals surface area contributed by atoms with Gasteiger partial charge in [0, 0.05) is 25.7 Å². The molecule has 0 unspecified atom stereocenters. The number of rotatable bonds is 11. The van der Waals surface area contributed by atoms with Crippen LogP contribution in [0.25, 0.3) is 11.1 Å².